The molecule has 0 aliphatic heterocycles. The molecule has 0 bridgehead atoms. The fourth-order valence-electron chi connectivity index (χ4n) is 2.66. The van der Waals surface area contributed by atoms with Gasteiger partial charge in [0.25, 0.3) is 0 Å². The molecule has 18 heavy (non-hydrogen) atoms. The first-order valence-electron chi connectivity index (χ1n) is 6.67. The number of aliphatic carboxylic acids is 1. The third-order valence-electron chi connectivity index (χ3n) is 3.67. The van der Waals surface area contributed by atoms with E-state index in [0.717, 1.165) is 0 Å². The molecule has 2 unspecified atom stereocenters. The van der Waals surface area contributed by atoms with E-state index in [4.69, 9.17) is 4.74 Å². The number of carbonyl (C=O) groups excluding carboxylic acids is 1. The monoisotopic (exact) mass is 258 g/mol. The van der Waals surface area contributed by atoms with Crippen LogP contribution in [-0.2, 0) is 14.3 Å². The Morgan fingerprint density at radius 1 is 1.17 bits per heavy atom. The minimum Gasteiger partial charge on any atom is -0.481 e. The summed E-state index contributed by atoms with van der Waals surface area (Å²) < 4.78 is 5.30. The van der Waals surface area contributed by atoms with E-state index < -0.39 is 17.3 Å². The summed E-state index contributed by atoms with van der Waals surface area (Å²) in [6.07, 6.45) is 0.670. The van der Waals surface area contributed by atoms with Gasteiger partial charge in [0.2, 0.25) is 0 Å². The lowest BCUT2D eigenvalue weighted by Crippen LogP contribution is -2.47. The van der Waals surface area contributed by atoms with Crippen LogP contribution in [0.1, 0.15) is 54.4 Å². The van der Waals surface area contributed by atoms with E-state index in [0.29, 0.717) is 12.8 Å². The number of carboxylic acids is 1. The second-order valence-corrected chi connectivity index (χ2v) is 5.30. The van der Waals surface area contributed by atoms with Crippen LogP contribution in [0.3, 0.4) is 0 Å². The molecule has 0 aliphatic rings. The zero-order valence-corrected chi connectivity index (χ0v) is 12.3. The van der Waals surface area contributed by atoms with Gasteiger partial charge in [-0.1, -0.05) is 27.7 Å². The first-order chi connectivity index (χ1) is 8.23. The molecule has 0 radical (unpaired) electrons. The Balaban J connectivity index is 5.53. The average Bonchev–Trinajstić information content (AvgIpc) is 2.23. The molecule has 0 aromatic heterocycles. The molecule has 0 heterocycles. The normalized spacial score (nSPS) is 16.4. The summed E-state index contributed by atoms with van der Waals surface area (Å²) in [6.45, 7) is 11.0. The first kappa shape index (κ1) is 16.9. The van der Waals surface area contributed by atoms with Crippen molar-refractivity contribution in [2.45, 2.75) is 60.5 Å². The van der Waals surface area contributed by atoms with Crippen LogP contribution in [0.2, 0.25) is 0 Å². The summed E-state index contributed by atoms with van der Waals surface area (Å²) in [6, 6.07) is 0. The molecule has 0 spiro atoms. The van der Waals surface area contributed by atoms with E-state index >= 15 is 0 Å². The van der Waals surface area contributed by atoms with Crippen LogP contribution < -0.4 is 0 Å². The highest BCUT2D eigenvalue weighted by atomic mass is 16.5. The Labute approximate surface area is 110 Å². The highest BCUT2D eigenvalue weighted by Gasteiger charge is 2.50. The summed E-state index contributed by atoms with van der Waals surface area (Å²) in [4.78, 5) is 23.8. The van der Waals surface area contributed by atoms with Gasteiger partial charge in [-0.25, -0.2) is 0 Å². The lowest BCUT2D eigenvalue weighted by molar-refractivity contribution is -0.175. The molecule has 0 saturated carbocycles. The number of esters is 1. The summed E-state index contributed by atoms with van der Waals surface area (Å²) in [5.41, 5.74) is -0.940. The van der Waals surface area contributed by atoms with Crippen LogP contribution >= 0.6 is 0 Å². The number of rotatable bonds is 7. The van der Waals surface area contributed by atoms with Gasteiger partial charge in [-0.15, -0.1) is 0 Å². The average molecular weight is 258 g/mol. The van der Waals surface area contributed by atoms with Gasteiger partial charge in [-0.3, -0.25) is 9.59 Å². The largest absolute Gasteiger partial charge is 0.481 e. The minimum atomic E-state index is -0.940. The van der Waals surface area contributed by atoms with E-state index in [-0.39, 0.29) is 18.0 Å². The number of carbonyl (C=O) groups is 2. The highest BCUT2D eigenvalue weighted by molar-refractivity contribution is 5.85. The minimum absolute atomic E-state index is 0.0743. The molecular weight excluding hydrogens is 232 g/mol. The summed E-state index contributed by atoms with van der Waals surface area (Å²) in [5.74, 6) is -2.08. The molecule has 0 aliphatic carbocycles. The predicted molar refractivity (Wildman–Crippen MR) is 70.2 cm³/mol. The second-order valence-electron chi connectivity index (χ2n) is 5.30. The van der Waals surface area contributed by atoms with Gasteiger partial charge < -0.3 is 9.84 Å². The Kier molecular flexibility index (Phi) is 6.36. The van der Waals surface area contributed by atoms with Gasteiger partial charge in [0, 0.05) is 0 Å². The van der Waals surface area contributed by atoms with Crippen LogP contribution in [-0.4, -0.2) is 23.1 Å². The SMILES string of the molecule is CCC(C(=O)O)C(CC)(C(=O)OC(C)C)C(C)C. The topological polar surface area (TPSA) is 63.6 Å². The second kappa shape index (κ2) is 6.76. The Hall–Kier alpha value is -1.06. The van der Waals surface area contributed by atoms with Crippen molar-refractivity contribution in [2.24, 2.45) is 17.3 Å². The molecule has 0 aromatic rings. The molecule has 4 heteroatoms. The molecule has 4 nitrogen and oxygen atoms in total. The van der Waals surface area contributed by atoms with E-state index in [2.05, 4.69) is 0 Å². The highest BCUT2D eigenvalue weighted by Crippen LogP contribution is 2.42. The zero-order chi connectivity index (χ0) is 14.5. The van der Waals surface area contributed by atoms with Crippen LogP contribution in [0.25, 0.3) is 0 Å². The summed E-state index contributed by atoms with van der Waals surface area (Å²) >= 11 is 0. The molecule has 0 rings (SSSR count). The van der Waals surface area contributed by atoms with Gasteiger partial charge in [-0.05, 0) is 32.6 Å². The molecule has 1 N–H and O–H groups in total. The molecule has 0 fully saturated rings. The lowest BCUT2D eigenvalue weighted by Gasteiger charge is -2.39. The Morgan fingerprint density at radius 3 is 1.89 bits per heavy atom. The Morgan fingerprint density at radius 2 is 1.67 bits per heavy atom. The molecule has 0 amide bonds. The number of hydrogen-bond donors (Lipinski definition) is 1. The molecule has 2 atom stereocenters. The van der Waals surface area contributed by atoms with Crippen molar-refractivity contribution >= 4 is 11.9 Å². The fourth-order valence-corrected chi connectivity index (χ4v) is 2.66. The number of ether oxygens (including phenoxy) is 1. The van der Waals surface area contributed by atoms with E-state index in [9.17, 15) is 14.7 Å². The maximum Gasteiger partial charge on any atom is 0.313 e. The number of hydrogen-bond acceptors (Lipinski definition) is 3. The van der Waals surface area contributed by atoms with E-state index in [1.165, 1.54) is 0 Å². The maximum absolute atomic E-state index is 12.4. The molecule has 0 aromatic carbocycles. The van der Waals surface area contributed by atoms with Gasteiger partial charge in [0.05, 0.1) is 17.4 Å². The van der Waals surface area contributed by atoms with Crippen LogP contribution in [0, 0.1) is 17.3 Å². The van der Waals surface area contributed by atoms with Gasteiger partial charge in [0.15, 0.2) is 0 Å². The smallest absolute Gasteiger partial charge is 0.313 e. The zero-order valence-electron chi connectivity index (χ0n) is 12.3. The maximum atomic E-state index is 12.4. The molecule has 0 saturated heterocycles. The van der Waals surface area contributed by atoms with Crippen LogP contribution in [0.15, 0.2) is 0 Å². The van der Waals surface area contributed by atoms with Gasteiger partial charge >= 0.3 is 11.9 Å². The predicted octanol–water partition coefficient (Wildman–Crippen LogP) is 3.10. The quantitative estimate of drug-likeness (QED) is 0.713. The van der Waals surface area contributed by atoms with Crippen molar-refractivity contribution < 1.29 is 19.4 Å². The van der Waals surface area contributed by atoms with Gasteiger partial charge in [0.1, 0.15) is 0 Å². The first-order valence-corrected chi connectivity index (χ1v) is 6.67. The van der Waals surface area contributed by atoms with Crippen molar-refractivity contribution in [1.29, 1.82) is 0 Å². The fraction of sp³-hybridized carbons (Fsp3) is 0.857. The third kappa shape index (κ3) is 3.24. The standard InChI is InChI=1S/C14H26O4/c1-7-11(12(15)16)14(8-2,9(3)4)13(17)18-10(5)6/h9-11H,7-8H2,1-6H3,(H,15,16). The van der Waals surface area contributed by atoms with Gasteiger partial charge in [-0.2, -0.15) is 0 Å². The number of carboxylic acid groups (broad SMARTS) is 1. The summed E-state index contributed by atoms with van der Waals surface area (Å²) in [7, 11) is 0. The third-order valence-corrected chi connectivity index (χ3v) is 3.67. The van der Waals surface area contributed by atoms with Crippen molar-refractivity contribution in [3.05, 3.63) is 0 Å². The van der Waals surface area contributed by atoms with E-state index in [1.54, 1.807) is 20.8 Å². The lowest BCUT2D eigenvalue weighted by atomic mass is 9.65. The van der Waals surface area contributed by atoms with Crippen molar-refractivity contribution in [2.75, 3.05) is 0 Å². The van der Waals surface area contributed by atoms with Crippen LogP contribution in [0.5, 0.6) is 0 Å². The van der Waals surface area contributed by atoms with Crippen molar-refractivity contribution in [3.8, 4) is 0 Å². The molecular formula is C14H26O4. The summed E-state index contributed by atoms with van der Waals surface area (Å²) in [5, 5.41) is 9.36. The van der Waals surface area contributed by atoms with Crippen molar-refractivity contribution in [1.82, 2.24) is 0 Å². The Bertz CT molecular complexity index is 296. The van der Waals surface area contributed by atoms with Crippen molar-refractivity contribution in [3.63, 3.8) is 0 Å². The van der Waals surface area contributed by atoms with E-state index in [1.807, 2.05) is 20.8 Å². The molecule has 106 valence electrons. The van der Waals surface area contributed by atoms with Crippen LogP contribution in [0.4, 0.5) is 0 Å².